The Kier molecular flexibility index (Phi) is 6.35. The molecule has 0 bridgehead atoms. The van der Waals surface area contributed by atoms with Crippen molar-refractivity contribution < 1.29 is 9.59 Å². The fourth-order valence-corrected chi connectivity index (χ4v) is 4.00. The van der Waals surface area contributed by atoms with Crippen LogP contribution in [0, 0.1) is 0 Å². The summed E-state index contributed by atoms with van der Waals surface area (Å²) in [5.41, 5.74) is 1.77. The van der Waals surface area contributed by atoms with Crippen LogP contribution in [0.1, 0.15) is 6.42 Å². The highest BCUT2D eigenvalue weighted by atomic mass is 35.5. The third-order valence-electron chi connectivity index (χ3n) is 5.49. The second kappa shape index (κ2) is 9.32. The largest absolute Gasteiger partial charge is 0.347 e. The summed E-state index contributed by atoms with van der Waals surface area (Å²) < 4.78 is 2.13. The molecule has 0 aliphatic carbocycles. The van der Waals surface area contributed by atoms with E-state index in [2.05, 4.69) is 33.0 Å². The summed E-state index contributed by atoms with van der Waals surface area (Å²) in [7, 11) is 0. The number of anilines is 1. The molecule has 0 atom stereocenters. The first kappa shape index (κ1) is 20.4. The Hall–Kier alpha value is -2.83. The molecule has 0 saturated carbocycles. The van der Waals surface area contributed by atoms with Crippen molar-refractivity contribution in [3.63, 3.8) is 0 Å². The van der Waals surface area contributed by atoms with E-state index in [1.807, 2.05) is 35.4 Å². The Morgan fingerprint density at radius 3 is 2.47 bits per heavy atom. The summed E-state index contributed by atoms with van der Waals surface area (Å²) in [4.78, 5) is 28.9. The summed E-state index contributed by atoms with van der Waals surface area (Å²) in [5, 5.41) is 4.56. The zero-order valence-electron chi connectivity index (χ0n) is 16.8. The van der Waals surface area contributed by atoms with E-state index in [-0.39, 0.29) is 11.8 Å². The van der Waals surface area contributed by atoms with Gasteiger partial charge in [-0.1, -0.05) is 41.9 Å². The lowest BCUT2D eigenvalue weighted by atomic mass is 10.2. The number of amides is 2. The van der Waals surface area contributed by atoms with Crippen molar-refractivity contribution in [3.05, 3.63) is 65.8 Å². The second-order valence-electron chi connectivity index (χ2n) is 7.50. The fourth-order valence-electron chi connectivity index (χ4n) is 3.82. The number of piperazine rings is 1. The Labute approximate surface area is 181 Å². The van der Waals surface area contributed by atoms with Gasteiger partial charge >= 0.3 is 0 Å². The molecule has 1 aromatic heterocycles. The number of nitrogens with one attached hydrogen (secondary N) is 1. The number of aryl methyl sites for hydroxylation is 1. The fraction of sp³-hybridized carbons (Fsp3) is 0.304. The van der Waals surface area contributed by atoms with Crippen molar-refractivity contribution in [1.82, 2.24) is 14.4 Å². The summed E-state index contributed by atoms with van der Waals surface area (Å²) in [5.74, 6) is 0.0651. The number of nitrogens with zero attached hydrogens (tertiary/aromatic N) is 3. The lowest BCUT2D eigenvalue weighted by molar-refractivity contribution is -0.133. The van der Waals surface area contributed by atoms with Gasteiger partial charge in [0, 0.05) is 50.9 Å². The molecule has 3 aromatic rings. The molecule has 1 N–H and O–H groups in total. The van der Waals surface area contributed by atoms with Crippen LogP contribution < -0.4 is 5.32 Å². The van der Waals surface area contributed by atoms with Crippen LogP contribution >= 0.6 is 11.6 Å². The van der Waals surface area contributed by atoms with Gasteiger partial charge in [-0.3, -0.25) is 14.5 Å². The highest BCUT2D eigenvalue weighted by molar-refractivity contribution is 6.33. The molecule has 1 aliphatic heterocycles. The number of fused-ring (bicyclic) bond motifs is 1. The van der Waals surface area contributed by atoms with Gasteiger partial charge < -0.3 is 14.8 Å². The lowest BCUT2D eigenvalue weighted by Gasteiger charge is -2.34. The SMILES string of the molecule is O=C(CN1CCN(C(=O)CCn2ccc3ccccc32)CC1)Nc1ccccc1Cl. The number of rotatable bonds is 6. The van der Waals surface area contributed by atoms with Crippen molar-refractivity contribution >= 4 is 40.0 Å². The molecule has 2 aromatic carbocycles. The van der Waals surface area contributed by atoms with Crippen molar-refractivity contribution in [1.29, 1.82) is 0 Å². The highest BCUT2D eigenvalue weighted by Gasteiger charge is 2.22. The smallest absolute Gasteiger partial charge is 0.238 e. The van der Waals surface area contributed by atoms with E-state index in [9.17, 15) is 9.59 Å². The second-order valence-corrected chi connectivity index (χ2v) is 7.91. The van der Waals surface area contributed by atoms with E-state index in [1.54, 1.807) is 12.1 Å². The molecular weight excluding hydrogens is 400 g/mol. The van der Waals surface area contributed by atoms with Crippen LogP contribution in [0.15, 0.2) is 60.8 Å². The summed E-state index contributed by atoms with van der Waals surface area (Å²) in [6.45, 7) is 3.63. The molecule has 30 heavy (non-hydrogen) atoms. The predicted octanol–water partition coefficient (Wildman–Crippen LogP) is 3.47. The van der Waals surface area contributed by atoms with Gasteiger partial charge in [-0.2, -0.15) is 0 Å². The zero-order chi connectivity index (χ0) is 20.9. The van der Waals surface area contributed by atoms with E-state index in [4.69, 9.17) is 11.6 Å². The van der Waals surface area contributed by atoms with E-state index < -0.39 is 0 Å². The topological polar surface area (TPSA) is 57.6 Å². The average Bonchev–Trinajstić information content (AvgIpc) is 3.17. The van der Waals surface area contributed by atoms with Crippen LogP contribution in [-0.4, -0.2) is 58.9 Å². The molecular formula is C23H25ClN4O2. The lowest BCUT2D eigenvalue weighted by Crippen LogP contribution is -2.50. The summed E-state index contributed by atoms with van der Waals surface area (Å²) >= 11 is 6.09. The monoisotopic (exact) mass is 424 g/mol. The molecule has 1 fully saturated rings. The maximum Gasteiger partial charge on any atom is 0.238 e. The van der Waals surface area contributed by atoms with Gasteiger partial charge in [0.05, 0.1) is 17.3 Å². The van der Waals surface area contributed by atoms with Crippen molar-refractivity contribution in [2.75, 3.05) is 38.0 Å². The number of para-hydroxylation sites is 2. The Balaban J connectivity index is 1.22. The van der Waals surface area contributed by atoms with E-state index in [0.717, 1.165) is 5.52 Å². The normalized spacial score (nSPS) is 14.8. The van der Waals surface area contributed by atoms with E-state index in [0.29, 0.717) is 56.4 Å². The number of hydrogen-bond donors (Lipinski definition) is 1. The Morgan fingerprint density at radius 2 is 1.67 bits per heavy atom. The third kappa shape index (κ3) is 4.83. The van der Waals surface area contributed by atoms with Crippen LogP contribution in [0.4, 0.5) is 5.69 Å². The molecule has 2 amide bonds. The average molecular weight is 425 g/mol. The molecule has 0 unspecified atom stereocenters. The van der Waals surface area contributed by atoms with Crippen molar-refractivity contribution in [2.24, 2.45) is 0 Å². The van der Waals surface area contributed by atoms with Crippen LogP contribution in [0.5, 0.6) is 0 Å². The van der Waals surface area contributed by atoms with E-state index >= 15 is 0 Å². The minimum absolute atomic E-state index is 0.0950. The van der Waals surface area contributed by atoms with Gasteiger partial charge in [0.1, 0.15) is 0 Å². The molecule has 156 valence electrons. The van der Waals surface area contributed by atoms with Crippen LogP contribution in [0.3, 0.4) is 0 Å². The number of benzene rings is 2. The van der Waals surface area contributed by atoms with Crippen LogP contribution in [-0.2, 0) is 16.1 Å². The number of aromatic nitrogens is 1. The molecule has 6 nitrogen and oxygen atoms in total. The number of carbonyl (C=O) groups excluding carboxylic acids is 2. The molecule has 4 rings (SSSR count). The van der Waals surface area contributed by atoms with Gasteiger partial charge in [-0.25, -0.2) is 0 Å². The molecule has 7 heteroatoms. The maximum atomic E-state index is 12.6. The van der Waals surface area contributed by atoms with Crippen molar-refractivity contribution in [3.8, 4) is 0 Å². The molecule has 0 radical (unpaired) electrons. The predicted molar refractivity (Wildman–Crippen MR) is 120 cm³/mol. The van der Waals surface area contributed by atoms with Gasteiger partial charge in [0.2, 0.25) is 11.8 Å². The molecule has 1 saturated heterocycles. The van der Waals surface area contributed by atoms with Gasteiger partial charge in [0.15, 0.2) is 0 Å². The maximum absolute atomic E-state index is 12.6. The number of carbonyl (C=O) groups is 2. The van der Waals surface area contributed by atoms with Crippen molar-refractivity contribution in [2.45, 2.75) is 13.0 Å². The first-order valence-corrected chi connectivity index (χ1v) is 10.6. The summed E-state index contributed by atoms with van der Waals surface area (Å²) in [6.07, 6.45) is 2.51. The Morgan fingerprint density at radius 1 is 0.933 bits per heavy atom. The third-order valence-corrected chi connectivity index (χ3v) is 5.82. The first-order chi connectivity index (χ1) is 14.6. The van der Waals surface area contributed by atoms with Crippen LogP contribution in [0.2, 0.25) is 5.02 Å². The quantitative estimate of drug-likeness (QED) is 0.659. The van der Waals surface area contributed by atoms with E-state index in [1.165, 1.54) is 5.39 Å². The highest BCUT2D eigenvalue weighted by Crippen LogP contribution is 2.20. The minimum Gasteiger partial charge on any atom is -0.347 e. The van der Waals surface area contributed by atoms with Gasteiger partial charge in [-0.15, -0.1) is 0 Å². The number of hydrogen-bond acceptors (Lipinski definition) is 3. The zero-order valence-corrected chi connectivity index (χ0v) is 17.5. The summed E-state index contributed by atoms with van der Waals surface area (Å²) in [6, 6.07) is 17.5. The van der Waals surface area contributed by atoms with Gasteiger partial charge in [0.25, 0.3) is 0 Å². The minimum atomic E-state index is -0.0950. The molecule has 1 aliphatic rings. The number of halogens is 1. The molecule has 2 heterocycles. The molecule has 0 spiro atoms. The van der Waals surface area contributed by atoms with Crippen LogP contribution in [0.25, 0.3) is 10.9 Å². The Bertz CT molecular complexity index is 1040. The standard InChI is InChI=1S/C23H25ClN4O2/c24-19-6-2-3-7-20(19)25-22(29)17-26-13-15-28(16-14-26)23(30)10-12-27-11-9-18-5-1-4-8-21(18)27/h1-9,11H,10,12-17H2,(H,25,29). The first-order valence-electron chi connectivity index (χ1n) is 10.2. The van der Waals surface area contributed by atoms with Gasteiger partial charge in [-0.05, 0) is 29.7 Å².